The average Bonchev–Trinajstić information content (AvgIpc) is 3.19. The highest BCUT2D eigenvalue weighted by Gasteiger charge is 2.50. The fourth-order valence-corrected chi connectivity index (χ4v) is 2.37. The molecular formula is C12H18N2O5. The van der Waals surface area contributed by atoms with Crippen LogP contribution in [-0.2, 0) is 19.1 Å². The Morgan fingerprint density at radius 3 is 2.16 bits per heavy atom. The molecule has 106 valence electrons. The monoisotopic (exact) mass is 270 g/mol. The number of ether oxygens (including phenoxy) is 1. The van der Waals surface area contributed by atoms with Crippen molar-refractivity contribution in [2.45, 2.75) is 6.42 Å². The molecule has 2 atom stereocenters. The van der Waals surface area contributed by atoms with E-state index in [0.717, 1.165) is 0 Å². The van der Waals surface area contributed by atoms with Gasteiger partial charge in [-0.25, -0.2) is 0 Å². The fraction of sp³-hybridized carbons (Fsp3) is 0.750. The lowest BCUT2D eigenvalue weighted by atomic mass is 10.2. The molecule has 2 aliphatic rings. The second-order valence-electron chi connectivity index (χ2n) is 4.93. The molecule has 1 saturated heterocycles. The largest absolute Gasteiger partial charge is 0.481 e. The van der Waals surface area contributed by atoms with Crippen LogP contribution in [0.25, 0.3) is 0 Å². The molecule has 2 unspecified atom stereocenters. The molecule has 2 amide bonds. The fourth-order valence-electron chi connectivity index (χ4n) is 2.37. The summed E-state index contributed by atoms with van der Waals surface area (Å²) in [6.45, 7) is 1.96. The van der Waals surface area contributed by atoms with Gasteiger partial charge >= 0.3 is 5.97 Å². The Morgan fingerprint density at radius 1 is 1.11 bits per heavy atom. The number of nitrogens with zero attached hydrogens (tertiary/aromatic N) is 2. The summed E-state index contributed by atoms with van der Waals surface area (Å²) in [4.78, 5) is 37.6. The molecular weight excluding hydrogens is 252 g/mol. The van der Waals surface area contributed by atoms with Gasteiger partial charge in [0.2, 0.25) is 11.8 Å². The molecule has 7 nitrogen and oxygen atoms in total. The summed E-state index contributed by atoms with van der Waals surface area (Å²) in [5.41, 5.74) is 0. The minimum absolute atomic E-state index is 0.0532. The normalized spacial score (nSPS) is 26.2. The van der Waals surface area contributed by atoms with Crippen molar-refractivity contribution >= 4 is 17.8 Å². The molecule has 2 rings (SSSR count). The minimum Gasteiger partial charge on any atom is -0.481 e. The highest BCUT2D eigenvalue weighted by Crippen LogP contribution is 2.40. The number of rotatable bonds is 4. The Bertz CT molecular complexity index is 390. The summed E-state index contributed by atoms with van der Waals surface area (Å²) >= 11 is 0. The van der Waals surface area contributed by atoms with Gasteiger partial charge in [0.25, 0.3) is 0 Å². The van der Waals surface area contributed by atoms with Crippen molar-refractivity contribution in [2.24, 2.45) is 11.8 Å². The highest BCUT2D eigenvalue weighted by molar-refractivity contribution is 5.89. The molecule has 1 aliphatic heterocycles. The maximum absolute atomic E-state index is 12.0. The second-order valence-corrected chi connectivity index (χ2v) is 4.93. The summed E-state index contributed by atoms with van der Waals surface area (Å²) in [5, 5.41) is 8.81. The third-order valence-electron chi connectivity index (χ3n) is 3.64. The van der Waals surface area contributed by atoms with Crippen molar-refractivity contribution < 1.29 is 24.2 Å². The van der Waals surface area contributed by atoms with Crippen molar-refractivity contribution in [1.82, 2.24) is 9.80 Å². The average molecular weight is 270 g/mol. The van der Waals surface area contributed by atoms with E-state index < -0.39 is 11.9 Å². The maximum atomic E-state index is 12.0. The highest BCUT2D eigenvalue weighted by atomic mass is 16.5. The van der Waals surface area contributed by atoms with Crippen LogP contribution in [0.5, 0.6) is 0 Å². The summed E-state index contributed by atoms with van der Waals surface area (Å²) in [5.74, 6) is -1.94. The lowest BCUT2D eigenvalue weighted by Gasteiger charge is -2.34. The van der Waals surface area contributed by atoms with E-state index in [0.29, 0.717) is 32.6 Å². The Labute approximate surface area is 111 Å². The summed E-state index contributed by atoms with van der Waals surface area (Å²) < 4.78 is 4.78. The van der Waals surface area contributed by atoms with E-state index in [1.165, 1.54) is 7.11 Å². The van der Waals surface area contributed by atoms with Gasteiger partial charge in [0.15, 0.2) is 0 Å². The smallest absolute Gasteiger partial charge is 0.307 e. The number of aliphatic carboxylic acids is 1. The van der Waals surface area contributed by atoms with Crippen molar-refractivity contribution in [3.8, 4) is 0 Å². The third-order valence-corrected chi connectivity index (χ3v) is 3.64. The van der Waals surface area contributed by atoms with Gasteiger partial charge in [-0.3, -0.25) is 14.4 Å². The van der Waals surface area contributed by atoms with E-state index >= 15 is 0 Å². The first-order chi connectivity index (χ1) is 9.04. The van der Waals surface area contributed by atoms with E-state index in [2.05, 4.69) is 0 Å². The van der Waals surface area contributed by atoms with E-state index in [1.54, 1.807) is 9.80 Å². The first-order valence-corrected chi connectivity index (χ1v) is 6.33. The van der Waals surface area contributed by atoms with Crippen LogP contribution in [0.3, 0.4) is 0 Å². The molecule has 1 N–H and O–H groups in total. The zero-order valence-electron chi connectivity index (χ0n) is 10.9. The van der Waals surface area contributed by atoms with E-state index in [-0.39, 0.29) is 24.3 Å². The van der Waals surface area contributed by atoms with Gasteiger partial charge in [0, 0.05) is 33.3 Å². The number of carbonyl (C=O) groups is 3. The molecule has 2 fully saturated rings. The predicted octanol–water partition coefficient (Wildman–Crippen LogP) is -0.976. The molecule has 0 aromatic heterocycles. The Morgan fingerprint density at radius 2 is 1.68 bits per heavy atom. The van der Waals surface area contributed by atoms with Crippen LogP contribution in [0.2, 0.25) is 0 Å². The standard InChI is InChI=1S/C12H18N2O5/c1-19-7-10(15)13-2-4-14(5-3-13)11(16)8-6-9(8)12(17)18/h8-9H,2-7H2,1H3,(H,17,18). The number of hydrogen-bond acceptors (Lipinski definition) is 4. The molecule has 1 aliphatic carbocycles. The zero-order chi connectivity index (χ0) is 14.0. The van der Waals surface area contributed by atoms with E-state index in [9.17, 15) is 14.4 Å². The van der Waals surface area contributed by atoms with Crippen LogP contribution in [0.4, 0.5) is 0 Å². The summed E-state index contributed by atoms with van der Waals surface area (Å²) in [7, 11) is 1.47. The molecule has 19 heavy (non-hydrogen) atoms. The van der Waals surface area contributed by atoms with Gasteiger partial charge < -0.3 is 19.6 Å². The topological polar surface area (TPSA) is 87.2 Å². The second kappa shape index (κ2) is 5.56. The van der Waals surface area contributed by atoms with Crippen LogP contribution < -0.4 is 0 Å². The number of carboxylic acid groups (broad SMARTS) is 1. The lowest BCUT2D eigenvalue weighted by molar-refractivity contribution is -0.144. The molecule has 7 heteroatoms. The van der Waals surface area contributed by atoms with Gasteiger partial charge in [0.05, 0.1) is 11.8 Å². The molecule has 0 bridgehead atoms. The first-order valence-electron chi connectivity index (χ1n) is 6.33. The van der Waals surface area contributed by atoms with Crippen molar-refractivity contribution in [1.29, 1.82) is 0 Å². The van der Waals surface area contributed by atoms with Gasteiger partial charge in [-0.2, -0.15) is 0 Å². The number of carboxylic acids is 1. The summed E-state index contributed by atoms with van der Waals surface area (Å²) in [6.07, 6.45) is 0.441. The molecule has 0 aromatic rings. The zero-order valence-corrected chi connectivity index (χ0v) is 10.9. The Balaban J connectivity index is 1.79. The van der Waals surface area contributed by atoms with E-state index in [4.69, 9.17) is 9.84 Å². The van der Waals surface area contributed by atoms with Crippen molar-refractivity contribution in [2.75, 3.05) is 39.9 Å². The Hall–Kier alpha value is -1.63. The molecule has 0 radical (unpaired) electrons. The van der Waals surface area contributed by atoms with E-state index in [1.807, 2.05) is 0 Å². The maximum Gasteiger partial charge on any atom is 0.307 e. The van der Waals surface area contributed by atoms with Gasteiger partial charge in [-0.15, -0.1) is 0 Å². The van der Waals surface area contributed by atoms with Gasteiger partial charge in [-0.1, -0.05) is 0 Å². The van der Waals surface area contributed by atoms with Crippen molar-refractivity contribution in [3.05, 3.63) is 0 Å². The van der Waals surface area contributed by atoms with Gasteiger partial charge in [0.1, 0.15) is 6.61 Å². The number of carbonyl (C=O) groups excluding carboxylic acids is 2. The van der Waals surface area contributed by atoms with Crippen LogP contribution in [0.1, 0.15) is 6.42 Å². The van der Waals surface area contributed by atoms with Crippen molar-refractivity contribution in [3.63, 3.8) is 0 Å². The van der Waals surface area contributed by atoms with Crippen LogP contribution in [0.15, 0.2) is 0 Å². The third kappa shape index (κ3) is 3.04. The van der Waals surface area contributed by atoms with Crippen LogP contribution in [-0.4, -0.2) is 72.6 Å². The lowest BCUT2D eigenvalue weighted by Crippen LogP contribution is -2.51. The van der Waals surface area contributed by atoms with Crippen LogP contribution in [0, 0.1) is 11.8 Å². The number of hydrogen-bond donors (Lipinski definition) is 1. The first kappa shape index (κ1) is 13.8. The number of amides is 2. The molecule has 0 aromatic carbocycles. The summed E-state index contributed by atoms with van der Waals surface area (Å²) in [6, 6.07) is 0. The predicted molar refractivity (Wildman–Crippen MR) is 64.3 cm³/mol. The van der Waals surface area contributed by atoms with Gasteiger partial charge in [-0.05, 0) is 6.42 Å². The minimum atomic E-state index is -0.896. The Kier molecular flexibility index (Phi) is 4.04. The molecule has 1 heterocycles. The SMILES string of the molecule is COCC(=O)N1CCN(C(=O)C2CC2C(=O)O)CC1. The molecule has 0 spiro atoms. The van der Waals surface area contributed by atoms with Crippen LogP contribution >= 0.6 is 0 Å². The number of methoxy groups -OCH3 is 1. The molecule has 1 saturated carbocycles. The number of piperazine rings is 1. The quantitative estimate of drug-likeness (QED) is 0.710.